The minimum absolute atomic E-state index is 0.226. The van der Waals surface area contributed by atoms with Crippen LogP contribution in [-0.4, -0.2) is 18.0 Å². The Labute approximate surface area is 603 Å². The number of fused-ring (bicyclic) bond motifs is 14. The van der Waals surface area contributed by atoms with E-state index in [2.05, 4.69) is 394 Å². The molecule has 482 valence electrons. The number of anilines is 12. The van der Waals surface area contributed by atoms with Crippen LogP contribution in [0.2, 0.25) is 0 Å². The summed E-state index contributed by atoms with van der Waals surface area (Å²) in [6, 6.07) is 138. The van der Waals surface area contributed by atoms with Crippen LogP contribution in [0.5, 0.6) is 0 Å². The molecule has 0 aliphatic carbocycles. The zero-order valence-electron chi connectivity index (χ0n) is 56.5. The number of nitrogens with zero attached hydrogens (tertiary/aromatic N) is 5. The number of hydrogen-bond acceptors (Lipinski definition) is 5. The van der Waals surface area contributed by atoms with Gasteiger partial charge in [-0.15, -0.1) is 0 Å². The summed E-state index contributed by atoms with van der Waals surface area (Å²) in [5, 5.41) is 4.59. The van der Waals surface area contributed by atoms with E-state index in [1.807, 2.05) is 0 Å². The van der Waals surface area contributed by atoms with Crippen LogP contribution in [0.1, 0.15) is 0 Å². The van der Waals surface area contributed by atoms with E-state index in [1.165, 1.54) is 43.5 Å². The van der Waals surface area contributed by atoms with Gasteiger partial charge in [0.1, 0.15) is 5.58 Å². The molecule has 0 fully saturated rings. The van der Waals surface area contributed by atoms with Crippen molar-refractivity contribution in [1.29, 1.82) is 0 Å². The van der Waals surface area contributed by atoms with E-state index < -0.39 is 0 Å². The van der Waals surface area contributed by atoms with Gasteiger partial charge in [-0.05, 0) is 163 Å². The minimum Gasteiger partial charge on any atom is -0.454 e. The highest BCUT2D eigenvalue weighted by Crippen LogP contribution is 2.54. The van der Waals surface area contributed by atoms with Crippen LogP contribution in [0.3, 0.4) is 0 Å². The van der Waals surface area contributed by atoms with E-state index in [9.17, 15) is 0 Å². The van der Waals surface area contributed by atoms with Gasteiger partial charge in [0.05, 0.1) is 22.4 Å². The van der Waals surface area contributed by atoms with E-state index in [4.69, 9.17) is 4.42 Å². The predicted molar refractivity (Wildman–Crippen MR) is 438 cm³/mol. The number of para-hydroxylation sites is 8. The normalized spacial score (nSPS) is 13.1. The molecule has 6 nitrogen and oxygen atoms in total. The minimum atomic E-state index is -0.272. The second-order valence-electron chi connectivity index (χ2n) is 27.8. The molecule has 4 aliphatic heterocycles. The lowest BCUT2D eigenvalue weighted by atomic mass is 9.30. The van der Waals surface area contributed by atoms with Crippen LogP contribution in [0.4, 0.5) is 68.2 Å². The molecule has 6 heterocycles. The van der Waals surface area contributed by atoms with Crippen LogP contribution < -0.4 is 52.4 Å². The van der Waals surface area contributed by atoms with Gasteiger partial charge in [-0.3, -0.25) is 0 Å². The summed E-state index contributed by atoms with van der Waals surface area (Å²) in [5.74, 6) is 0. The Bertz CT molecular complexity index is 6410. The first-order valence-corrected chi connectivity index (χ1v) is 36.0. The molecule has 0 spiro atoms. The maximum Gasteiger partial charge on any atom is 0.252 e. The lowest BCUT2D eigenvalue weighted by Gasteiger charge is -2.47. The number of benzene rings is 16. The average molecular weight is 1320 g/mol. The summed E-state index contributed by atoms with van der Waals surface area (Å²) < 4.78 is 9.68. The zero-order valence-corrected chi connectivity index (χ0v) is 56.5. The highest BCUT2D eigenvalue weighted by atomic mass is 16.3. The molecule has 0 saturated heterocycles. The molecule has 0 radical (unpaired) electrons. The van der Waals surface area contributed by atoms with Crippen molar-refractivity contribution in [3.8, 4) is 50.2 Å². The van der Waals surface area contributed by atoms with E-state index in [0.717, 1.165) is 151 Å². The molecule has 104 heavy (non-hydrogen) atoms. The Hall–Kier alpha value is -13.6. The lowest BCUT2D eigenvalue weighted by molar-refractivity contribution is 0.669. The van der Waals surface area contributed by atoms with E-state index >= 15 is 0 Å². The predicted octanol–water partition coefficient (Wildman–Crippen LogP) is 21.5. The van der Waals surface area contributed by atoms with Crippen molar-refractivity contribution >= 4 is 158 Å². The van der Waals surface area contributed by atoms with Crippen molar-refractivity contribution in [2.24, 2.45) is 0 Å². The van der Waals surface area contributed by atoms with E-state index in [1.54, 1.807) is 0 Å². The molecule has 4 aliphatic rings. The number of aromatic nitrogens is 1. The lowest BCUT2D eigenvalue weighted by Crippen LogP contribution is -2.65. The van der Waals surface area contributed by atoms with Gasteiger partial charge in [-0.25, -0.2) is 0 Å². The first-order valence-electron chi connectivity index (χ1n) is 36.0. The molecule has 2 aromatic heterocycles. The summed E-state index contributed by atoms with van der Waals surface area (Å²) in [6.07, 6.45) is 0. The maximum atomic E-state index is 7.21. The van der Waals surface area contributed by atoms with Gasteiger partial charge in [-0.2, -0.15) is 0 Å². The fourth-order valence-corrected chi connectivity index (χ4v) is 18.0. The Morgan fingerprint density at radius 3 is 1.19 bits per heavy atom. The number of furan rings is 1. The Morgan fingerprint density at radius 1 is 0.221 bits per heavy atom. The van der Waals surface area contributed by atoms with Crippen molar-refractivity contribution in [3.05, 3.63) is 370 Å². The molecule has 0 atom stereocenters. The van der Waals surface area contributed by atoms with Crippen LogP contribution >= 0.6 is 0 Å². The molecule has 0 amide bonds. The Balaban J connectivity index is 0.872. The van der Waals surface area contributed by atoms with Crippen LogP contribution in [-0.2, 0) is 0 Å². The first kappa shape index (κ1) is 58.3. The molecule has 0 N–H and O–H groups in total. The third-order valence-corrected chi connectivity index (χ3v) is 22.3. The third kappa shape index (κ3) is 8.66. The summed E-state index contributed by atoms with van der Waals surface area (Å²) in [5.41, 5.74) is 34.7. The summed E-state index contributed by atoms with van der Waals surface area (Å²) in [6.45, 7) is -0.498. The number of hydrogen-bond donors (Lipinski definition) is 0. The largest absolute Gasteiger partial charge is 0.454 e. The molecule has 0 bridgehead atoms. The van der Waals surface area contributed by atoms with Gasteiger partial charge in [-0.1, -0.05) is 273 Å². The molecule has 0 unspecified atom stereocenters. The fourth-order valence-electron chi connectivity index (χ4n) is 18.0. The summed E-state index contributed by atoms with van der Waals surface area (Å²) in [7, 11) is 0. The van der Waals surface area contributed by atoms with E-state index in [-0.39, 0.29) is 13.4 Å². The smallest absolute Gasteiger partial charge is 0.252 e. The SMILES string of the molecule is c1ccc(-c2cc3c4c(c2)N(c2c(-c5ccccc5)cccc2-c2ccccc2)c2ccccc2B4c2cc4c(cc2N3c2ccccc2)N(c2ccccc2)c2cc(-c3ccccc3)cc3c2B4c2ccc(-n4c5ccccc5c5ccccc54)cc2N3c2cccc3c2oc2ccccc23)cc1. The molecule has 22 rings (SSSR count). The first-order chi connectivity index (χ1) is 51.6. The molecule has 18 aromatic rings. The highest BCUT2D eigenvalue weighted by Gasteiger charge is 2.49. The summed E-state index contributed by atoms with van der Waals surface area (Å²) >= 11 is 0. The average Bonchev–Trinajstić information content (AvgIpc) is 0.702. The zero-order chi connectivity index (χ0) is 68.1. The quantitative estimate of drug-likeness (QED) is 0.134. The number of rotatable bonds is 9. The van der Waals surface area contributed by atoms with Gasteiger partial charge >= 0.3 is 0 Å². The molecular formula is C96H61B2N5O. The van der Waals surface area contributed by atoms with Gasteiger partial charge in [0.2, 0.25) is 0 Å². The third-order valence-electron chi connectivity index (χ3n) is 22.3. The standard InChI is InChI=1S/C96H61B2N5O/c1-7-29-62(30-8-1)66-55-88-93-90(57-66)102(84-51-28-46-76-75-43-21-26-52-92(75)104-96(76)84)85-59-70(101-81-48-23-19-41-73(81)74-42-20-24-49-82(74)101)53-54-78(85)98(93)80-60-79-86(61-87(80)99(88)68-37-15-5-16-38-68)100(69-39-17-6-18-40-69)89-56-67(63-31-9-2-10-32-63)58-91-94(89)97(79)77-47-22-25-50-83(77)103(91)95-71(64-33-11-3-12-34-64)44-27-45-72(95)65-35-13-4-14-36-65/h1-61H. The highest BCUT2D eigenvalue weighted by molar-refractivity contribution is 7.03. The van der Waals surface area contributed by atoms with Crippen molar-refractivity contribution in [2.45, 2.75) is 0 Å². The van der Waals surface area contributed by atoms with Gasteiger partial charge in [0, 0.05) is 95.2 Å². The Morgan fingerprint density at radius 2 is 0.635 bits per heavy atom. The Kier molecular flexibility index (Phi) is 12.9. The van der Waals surface area contributed by atoms with Crippen LogP contribution in [0, 0.1) is 0 Å². The van der Waals surface area contributed by atoms with Crippen LogP contribution in [0.25, 0.3) is 93.9 Å². The van der Waals surface area contributed by atoms with Crippen molar-refractivity contribution in [2.75, 3.05) is 19.6 Å². The maximum absolute atomic E-state index is 7.21. The van der Waals surface area contributed by atoms with Gasteiger partial charge in [0.15, 0.2) is 5.58 Å². The topological polar surface area (TPSA) is 31.0 Å². The molecular weight excluding hydrogens is 1260 g/mol. The second kappa shape index (κ2) is 23.0. The second-order valence-corrected chi connectivity index (χ2v) is 27.8. The van der Waals surface area contributed by atoms with Crippen molar-refractivity contribution < 1.29 is 4.42 Å². The monoisotopic (exact) mass is 1320 g/mol. The molecule has 0 saturated carbocycles. The van der Waals surface area contributed by atoms with Crippen LogP contribution in [0.15, 0.2) is 374 Å². The van der Waals surface area contributed by atoms with Gasteiger partial charge in [0.25, 0.3) is 13.4 Å². The van der Waals surface area contributed by atoms with Crippen molar-refractivity contribution in [1.82, 2.24) is 4.57 Å². The van der Waals surface area contributed by atoms with Crippen molar-refractivity contribution in [3.63, 3.8) is 0 Å². The van der Waals surface area contributed by atoms with Gasteiger partial charge < -0.3 is 28.6 Å². The van der Waals surface area contributed by atoms with E-state index in [0.29, 0.717) is 0 Å². The summed E-state index contributed by atoms with van der Waals surface area (Å²) in [4.78, 5) is 10.4. The molecule has 8 heteroatoms. The fraction of sp³-hybridized carbons (Fsp3) is 0. The molecule has 16 aromatic carbocycles.